The van der Waals surface area contributed by atoms with Gasteiger partial charge in [0.1, 0.15) is 0 Å². The zero-order valence-electron chi connectivity index (χ0n) is 20.8. The summed E-state index contributed by atoms with van der Waals surface area (Å²) in [5.74, 6) is 0.0493. The largest absolute Gasteiger partial charge is 0.303 e. The average molecular weight is 458 g/mol. The highest BCUT2D eigenvalue weighted by Gasteiger charge is 2.40. The number of fused-ring (bicyclic) bond motifs is 1. The van der Waals surface area contributed by atoms with Crippen LogP contribution in [-0.2, 0) is 10.2 Å². The smallest absolute Gasteiger partial charge is 0.224 e. The minimum Gasteiger partial charge on any atom is -0.303 e. The maximum Gasteiger partial charge on any atom is 0.224 e. The van der Waals surface area contributed by atoms with Gasteiger partial charge in [0.05, 0.1) is 16.6 Å². The quantitative estimate of drug-likeness (QED) is 0.289. The summed E-state index contributed by atoms with van der Waals surface area (Å²) in [6.07, 6.45) is 2.20. The Morgan fingerprint density at radius 2 is 1.14 bits per heavy atom. The monoisotopic (exact) mass is 457 g/mol. The Kier molecular flexibility index (Phi) is 5.68. The molecule has 1 aliphatic heterocycles. The van der Waals surface area contributed by atoms with Gasteiger partial charge in [-0.2, -0.15) is 0 Å². The van der Waals surface area contributed by atoms with E-state index in [1.807, 2.05) is 4.90 Å². The van der Waals surface area contributed by atoms with E-state index < -0.39 is 5.41 Å². The highest BCUT2D eigenvalue weighted by atomic mass is 16.2. The predicted octanol–water partition coefficient (Wildman–Crippen LogP) is 7.62. The standard InChI is InChI=1S/C33H31NO/c1-24-23-32(3,4)34(25(2)35)31-21-20-29(22-30(24)31)33(26-14-8-5-9-15-26,27-16-10-6-11-17-27)28-18-12-7-13-19-28/h5-23H,1-4H3. The van der Waals surface area contributed by atoms with Crippen LogP contribution < -0.4 is 4.90 Å². The molecule has 0 aliphatic carbocycles. The molecule has 1 heterocycles. The highest BCUT2D eigenvalue weighted by molar-refractivity contribution is 5.99. The van der Waals surface area contributed by atoms with Crippen molar-refractivity contribution in [3.8, 4) is 0 Å². The minimum atomic E-state index is -0.507. The second kappa shape index (κ2) is 8.70. The van der Waals surface area contributed by atoms with Crippen molar-refractivity contribution < 1.29 is 4.79 Å². The molecule has 0 radical (unpaired) electrons. The number of carbonyl (C=O) groups is 1. The number of rotatable bonds is 4. The summed E-state index contributed by atoms with van der Waals surface area (Å²) in [6.45, 7) is 7.99. The SMILES string of the molecule is CC(=O)N1c2ccc(C(c3ccccc3)(c3ccccc3)c3ccccc3)cc2C(C)=CC1(C)C. The maximum atomic E-state index is 12.7. The summed E-state index contributed by atoms with van der Waals surface area (Å²) in [6, 6.07) is 38.8. The third kappa shape index (κ3) is 3.70. The van der Waals surface area contributed by atoms with Crippen molar-refractivity contribution >= 4 is 17.2 Å². The summed E-state index contributed by atoms with van der Waals surface area (Å²) >= 11 is 0. The van der Waals surface area contributed by atoms with Gasteiger partial charge in [-0.3, -0.25) is 4.79 Å². The van der Waals surface area contributed by atoms with Gasteiger partial charge in [-0.1, -0.05) is 103 Å². The zero-order chi connectivity index (χ0) is 24.6. The number of benzene rings is 4. The Morgan fingerprint density at radius 3 is 1.57 bits per heavy atom. The molecule has 0 bridgehead atoms. The highest BCUT2D eigenvalue weighted by Crippen LogP contribution is 2.48. The molecule has 0 fully saturated rings. The molecule has 0 atom stereocenters. The lowest BCUT2D eigenvalue weighted by Gasteiger charge is -2.42. The number of nitrogens with zero attached hydrogens (tertiary/aromatic N) is 1. The number of hydrogen-bond acceptors (Lipinski definition) is 1. The van der Waals surface area contributed by atoms with Crippen LogP contribution in [0.4, 0.5) is 5.69 Å². The van der Waals surface area contributed by atoms with E-state index in [9.17, 15) is 4.79 Å². The first kappa shape index (κ1) is 22.9. The fraction of sp³-hybridized carbons (Fsp3) is 0.182. The Balaban J connectivity index is 1.87. The van der Waals surface area contributed by atoms with Gasteiger partial charge in [-0.25, -0.2) is 0 Å². The minimum absolute atomic E-state index is 0.0493. The summed E-state index contributed by atoms with van der Waals surface area (Å²) in [4.78, 5) is 14.6. The summed E-state index contributed by atoms with van der Waals surface area (Å²) in [7, 11) is 0. The third-order valence-electron chi connectivity index (χ3n) is 7.18. The maximum absolute atomic E-state index is 12.7. The first-order valence-corrected chi connectivity index (χ1v) is 12.2. The zero-order valence-corrected chi connectivity index (χ0v) is 20.8. The van der Waals surface area contributed by atoms with Crippen molar-refractivity contribution in [1.82, 2.24) is 0 Å². The molecule has 1 aliphatic rings. The van der Waals surface area contributed by atoms with Gasteiger partial charge < -0.3 is 4.90 Å². The van der Waals surface area contributed by atoms with Crippen molar-refractivity contribution in [3.63, 3.8) is 0 Å². The first-order valence-electron chi connectivity index (χ1n) is 12.2. The van der Waals surface area contributed by atoms with Gasteiger partial charge >= 0.3 is 0 Å². The molecule has 0 aromatic heterocycles. The van der Waals surface area contributed by atoms with Gasteiger partial charge in [0.25, 0.3) is 0 Å². The molecule has 5 rings (SSSR count). The van der Waals surface area contributed by atoms with Crippen LogP contribution in [-0.4, -0.2) is 11.4 Å². The molecular formula is C33H31NO. The van der Waals surface area contributed by atoms with Gasteiger partial charge in [-0.15, -0.1) is 0 Å². The topological polar surface area (TPSA) is 20.3 Å². The summed E-state index contributed by atoms with van der Waals surface area (Å²) in [5.41, 5.74) is 7.17. The van der Waals surface area contributed by atoms with Crippen molar-refractivity contribution in [3.05, 3.63) is 143 Å². The van der Waals surface area contributed by atoms with Crippen LogP contribution in [0.15, 0.2) is 115 Å². The molecule has 4 aromatic carbocycles. The Morgan fingerprint density at radius 1 is 0.686 bits per heavy atom. The molecule has 0 N–H and O–H groups in total. The molecule has 1 amide bonds. The molecule has 0 saturated carbocycles. The van der Waals surface area contributed by atoms with Crippen molar-refractivity contribution in [1.29, 1.82) is 0 Å². The van der Waals surface area contributed by atoms with Crippen LogP contribution in [0.25, 0.3) is 5.57 Å². The normalized spacial score (nSPS) is 14.7. The van der Waals surface area contributed by atoms with E-state index >= 15 is 0 Å². The van der Waals surface area contributed by atoms with Crippen molar-refractivity contribution in [2.24, 2.45) is 0 Å². The van der Waals surface area contributed by atoms with Gasteiger partial charge in [0, 0.05) is 12.5 Å². The lowest BCUT2D eigenvalue weighted by molar-refractivity contribution is -0.117. The van der Waals surface area contributed by atoms with Crippen molar-refractivity contribution in [2.75, 3.05) is 4.90 Å². The number of anilines is 1. The van der Waals surface area contributed by atoms with Gasteiger partial charge in [-0.05, 0) is 60.7 Å². The molecule has 35 heavy (non-hydrogen) atoms. The van der Waals surface area contributed by atoms with E-state index in [-0.39, 0.29) is 11.4 Å². The second-order valence-electron chi connectivity index (χ2n) is 9.92. The Hall–Kier alpha value is -3.91. The fourth-order valence-corrected chi connectivity index (χ4v) is 5.90. The number of hydrogen-bond donors (Lipinski definition) is 0. The molecule has 2 heteroatoms. The van der Waals surface area contributed by atoms with Crippen LogP contribution in [0, 0.1) is 0 Å². The second-order valence-corrected chi connectivity index (χ2v) is 9.92. The van der Waals surface area contributed by atoms with Crippen LogP contribution in [0.1, 0.15) is 55.5 Å². The number of carbonyl (C=O) groups excluding carboxylic acids is 1. The average Bonchev–Trinajstić information content (AvgIpc) is 2.86. The van der Waals surface area contributed by atoms with E-state index in [2.05, 4.69) is 136 Å². The molecule has 0 unspecified atom stereocenters. The lowest BCUT2D eigenvalue weighted by Crippen LogP contribution is -2.48. The van der Waals surface area contributed by atoms with E-state index in [4.69, 9.17) is 0 Å². The van der Waals surface area contributed by atoms with Crippen LogP contribution in [0.5, 0.6) is 0 Å². The Labute approximate surface area is 208 Å². The van der Waals surface area contributed by atoms with Crippen LogP contribution >= 0.6 is 0 Å². The molecule has 174 valence electrons. The molecule has 2 nitrogen and oxygen atoms in total. The summed E-state index contributed by atoms with van der Waals surface area (Å²) < 4.78 is 0. The van der Waals surface area contributed by atoms with E-state index in [0.717, 1.165) is 11.3 Å². The van der Waals surface area contributed by atoms with E-state index in [1.165, 1.54) is 27.8 Å². The molecule has 4 aromatic rings. The Bertz CT molecular complexity index is 1290. The lowest BCUT2D eigenvalue weighted by atomic mass is 9.64. The third-order valence-corrected chi connectivity index (χ3v) is 7.18. The number of allylic oxidation sites excluding steroid dienone is 1. The first-order chi connectivity index (χ1) is 16.9. The van der Waals surface area contributed by atoms with Crippen molar-refractivity contribution in [2.45, 2.75) is 38.6 Å². The molecule has 0 saturated heterocycles. The van der Waals surface area contributed by atoms with Crippen LogP contribution in [0.2, 0.25) is 0 Å². The van der Waals surface area contributed by atoms with Crippen LogP contribution in [0.3, 0.4) is 0 Å². The number of amides is 1. The molecular weight excluding hydrogens is 426 g/mol. The van der Waals surface area contributed by atoms with Gasteiger partial charge in [0.2, 0.25) is 5.91 Å². The van der Waals surface area contributed by atoms with E-state index in [1.54, 1.807) is 6.92 Å². The fourth-order valence-electron chi connectivity index (χ4n) is 5.90. The summed E-state index contributed by atoms with van der Waals surface area (Å²) in [5, 5.41) is 0. The van der Waals surface area contributed by atoms with E-state index in [0.29, 0.717) is 0 Å². The van der Waals surface area contributed by atoms with Gasteiger partial charge in [0.15, 0.2) is 0 Å². The predicted molar refractivity (Wildman–Crippen MR) is 146 cm³/mol. The molecule has 0 spiro atoms.